The highest BCUT2D eigenvalue weighted by atomic mass is 19.4. The third-order valence-electron chi connectivity index (χ3n) is 6.72. The molecular weight excluding hydrogens is 525 g/mol. The van der Waals surface area contributed by atoms with E-state index in [1.165, 1.54) is 31.3 Å². The molecule has 0 unspecified atom stereocenters. The summed E-state index contributed by atoms with van der Waals surface area (Å²) < 4.78 is 68.4. The van der Waals surface area contributed by atoms with Crippen LogP contribution in [0.4, 0.5) is 22.0 Å². The van der Waals surface area contributed by atoms with Crippen molar-refractivity contribution in [2.45, 2.75) is 44.4 Å². The fourth-order valence-corrected chi connectivity index (χ4v) is 4.80. The molecule has 1 fully saturated rings. The second-order valence-electron chi connectivity index (χ2n) is 9.77. The highest BCUT2D eigenvalue weighted by Crippen LogP contribution is 2.31. The van der Waals surface area contributed by atoms with E-state index in [2.05, 4.69) is 10.3 Å². The van der Waals surface area contributed by atoms with E-state index in [-0.39, 0.29) is 31.0 Å². The molecule has 8 nitrogen and oxygen atoms in total. The van der Waals surface area contributed by atoms with Gasteiger partial charge in [0, 0.05) is 31.3 Å². The van der Waals surface area contributed by atoms with Gasteiger partial charge in [-0.3, -0.25) is 14.4 Å². The molecule has 3 aromatic rings. The van der Waals surface area contributed by atoms with Crippen molar-refractivity contribution < 1.29 is 36.3 Å². The maximum absolute atomic E-state index is 14.1. The number of likely N-dealkylation sites (tertiary alicyclic amines) is 1. The number of piperidine rings is 1. The van der Waals surface area contributed by atoms with Crippen LogP contribution in [-0.2, 0) is 9.59 Å². The molecule has 1 aliphatic heterocycles. The number of hydrogen-bond donors (Lipinski definition) is 2. The summed E-state index contributed by atoms with van der Waals surface area (Å²) in [5, 5.41) is 4.35. The number of benzene rings is 1. The molecule has 2 aromatic heterocycles. The number of nitrogens with zero attached hydrogens (tertiary/aromatic N) is 3. The molecule has 3 amide bonds. The van der Waals surface area contributed by atoms with Crippen molar-refractivity contribution in [3.05, 3.63) is 71.8 Å². The van der Waals surface area contributed by atoms with Gasteiger partial charge in [0.05, 0.1) is 29.6 Å². The lowest BCUT2D eigenvalue weighted by Crippen LogP contribution is -2.59. The standard InChI is InChI=1S/C26H26F5N5O3/c1-14(2)22(34-25(39)26(29,30)31)23(37)33-20-12-35(7-5-18(20)15-8-16(27)10-17(28)9-15)24(38)19-4-3-6-36-13-32-11-21(19)36/h3-4,6,8-11,13-14,18,20,22H,5,7,12H2,1-2H3,(H,33,37)(H,34,39)/t18-,20+,22+/m0/s1. The molecule has 1 saturated heterocycles. The Bertz CT molecular complexity index is 1370. The molecule has 39 heavy (non-hydrogen) atoms. The first-order valence-electron chi connectivity index (χ1n) is 12.2. The fraction of sp³-hybridized carbons (Fsp3) is 0.385. The summed E-state index contributed by atoms with van der Waals surface area (Å²) >= 11 is 0. The first-order chi connectivity index (χ1) is 18.3. The Morgan fingerprint density at radius 3 is 2.44 bits per heavy atom. The van der Waals surface area contributed by atoms with Gasteiger partial charge in [-0.25, -0.2) is 13.8 Å². The van der Waals surface area contributed by atoms with Crippen molar-refractivity contribution in [2.75, 3.05) is 13.1 Å². The maximum atomic E-state index is 14.1. The van der Waals surface area contributed by atoms with Crippen LogP contribution in [0.15, 0.2) is 49.1 Å². The van der Waals surface area contributed by atoms with E-state index < -0.39 is 53.5 Å². The van der Waals surface area contributed by atoms with Crippen LogP contribution in [0.2, 0.25) is 0 Å². The molecule has 1 aromatic carbocycles. The van der Waals surface area contributed by atoms with Crippen molar-refractivity contribution in [3.8, 4) is 0 Å². The van der Waals surface area contributed by atoms with Crippen LogP contribution in [-0.4, -0.2) is 63.4 Å². The Morgan fingerprint density at radius 2 is 1.79 bits per heavy atom. The van der Waals surface area contributed by atoms with E-state index in [4.69, 9.17) is 0 Å². The summed E-state index contributed by atoms with van der Waals surface area (Å²) in [5.74, 6) is -6.62. The molecule has 208 valence electrons. The zero-order valence-electron chi connectivity index (χ0n) is 21.0. The molecule has 4 rings (SSSR count). The fourth-order valence-electron chi connectivity index (χ4n) is 4.80. The number of alkyl halides is 3. The van der Waals surface area contributed by atoms with Crippen LogP contribution in [0, 0.1) is 17.6 Å². The van der Waals surface area contributed by atoms with E-state index in [0.717, 1.165) is 12.1 Å². The number of fused-ring (bicyclic) bond motifs is 1. The molecule has 1 aliphatic rings. The predicted molar refractivity (Wildman–Crippen MR) is 130 cm³/mol. The van der Waals surface area contributed by atoms with Crippen LogP contribution in [0.5, 0.6) is 0 Å². The van der Waals surface area contributed by atoms with Gasteiger partial charge in [-0.1, -0.05) is 13.8 Å². The van der Waals surface area contributed by atoms with Gasteiger partial charge in [0.15, 0.2) is 0 Å². The molecule has 0 saturated carbocycles. The molecule has 0 spiro atoms. The minimum atomic E-state index is -5.20. The van der Waals surface area contributed by atoms with Crippen LogP contribution < -0.4 is 10.6 Å². The van der Waals surface area contributed by atoms with Crippen LogP contribution in [0.1, 0.15) is 42.1 Å². The van der Waals surface area contributed by atoms with E-state index in [9.17, 15) is 36.3 Å². The molecule has 0 radical (unpaired) electrons. The van der Waals surface area contributed by atoms with Crippen LogP contribution in [0.3, 0.4) is 0 Å². The zero-order valence-corrected chi connectivity index (χ0v) is 21.0. The number of rotatable bonds is 6. The number of hydrogen-bond acceptors (Lipinski definition) is 4. The topological polar surface area (TPSA) is 95.8 Å². The van der Waals surface area contributed by atoms with Gasteiger partial charge in [-0.05, 0) is 42.2 Å². The first-order valence-corrected chi connectivity index (χ1v) is 12.2. The average molecular weight is 552 g/mol. The number of imidazole rings is 1. The number of nitrogens with one attached hydrogen (secondary N) is 2. The average Bonchev–Trinajstić information content (AvgIpc) is 3.34. The molecule has 0 aliphatic carbocycles. The number of carbonyl (C=O) groups is 3. The second kappa shape index (κ2) is 11.0. The zero-order chi connectivity index (χ0) is 28.5. The Balaban J connectivity index is 1.63. The third kappa shape index (κ3) is 6.18. The van der Waals surface area contributed by atoms with Gasteiger partial charge in [-0.2, -0.15) is 13.2 Å². The van der Waals surface area contributed by atoms with Gasteiger partial charge in [0.25, 0.3) is 5.91 Å². The maximum Gasteiger partial charge on any atom is 0.471 e. The molecule has 3 atom stereocenters. The lowest BCUT2D eigenvalue weighted by Gasteiger charge is -2.40. The quantitative estimate of drug-likeness (QED) is 0.459. The van der Waals surface area contributed by atoms with E-state index >= 15 is 0 Å². The van der Waals surface area contributed by atoms with Crippen molar-refractivity contribution in [1.82, 2.24) is 24.9 Å². The Labute approximate surface area is 220 Å². The minimum Gasteiger partial charge on any atom is -0.349 e. The second-order valence-corrected chi connectivity index (χ2v) is 9.77. The minimum absolute atomic E-state index is 0.0966. The number of pyridine rings is 1. The van der Waals surface area contributed by atoms with Crippen molar-refractivity contribution in [2.24, 2.45) is 5.92 Å². The van der Waals surface area contributed by atoms with Gasteiger partial charge < -0.3 is 19.9 Å². The number of carbonyl (C=O) groups excluding carboxylic acids is 3. The molecule has 3 heterocycles. The summed E-state index contributed by atoms with van der Waals surface area (Å²) in [6.07, 6.45) is -0.234. The van der Waals surface area contributed by atoms with E-state index in [1.807, 2.05) is 0 Å². The molecule has 13 heteroatoms. The van der Waals surface area contributed by atoms with Gasteiger partial charge in [0.2, 0.25) is 5.91 Å². The largest absolute Gasteiger partial charge is 0.471 e. The van der Waals surface area contributed by atoms with Crippen LogP contribution >= 0.6 is 0 Å². The Hall–Kier alpha value is -4.03. The third-order valence-corrected chi connectivity index (χ3v) is 6.72. The predicted octanol–water partition coefficient (Wildman–Crippen LogP) is 3.43. The Kier molecular flexibility index (Phi) is 7.89. The highest BCUT2D eigenvalue weighted by molar-refractivity contribution is 6.00. The Morgan fingerprint density at radius 1 is 1.10 bits per heavy atom. The van der Waals surface area contributed by atoms with Crippen molar-refractivity contribution in [1.29, 1.82) is 0 Å². The lowest BCUT2D eigenvalue weighted by atomic mass is 9.84. The smallest absolute Gasteiger partial charge is 0.349 e. The summed E-state index contributed by atoms with van der Waals surface area (Å²) in [7, 11) is 0. The van der Waals surface area contributed by atoms with Crippen molar-refractivity contribution in [3.63, 3.8) is 0 Å². The summed E-state index contributed by atoms with van der Waals surface area (Å²) in [6, 6.07) is 3.73. The SMILES string of the molecule is CC(C)[C@@H](NC(=O)C(F)(F)F)C(=O)N[C@@H]1CN(C(=O)c2cccn3cncc23)CC[C@H]1c1cc(F)cc(F)c1. The van der Waals surface area contributed by atoms with Gasteiger partial charge >= 0.3 is 12.1 Å². The highest BCUT2D eigenvalue weighted by Gasteiger charge is 2.42. The first kappa shape index (κ1) is 28.0. The number of halogens is 5. The normalized spacial score (nSPS) is 18.7. The van der Waals surface area contributed by atoms with Gasteiger partial charge in [-0.15, -0.1) is 0 Å². The monoisotopic (exact) mass is 551 g/mol. The van der Waals surface area contributed by atoms with Crippen LogP contribution in [0.25, 0.3) is 5.52 Å². The number of aromatic nitrogens is 2. The van der Waals surface area contributed by atoms with Gasteiger partial charge in [0.1, 0.15) is 17.7 Å². The molecule has 0 bridgehead atoms. The summed E-state index contributed by atoms with van der Waals surface area (Å²) in [4.78, 5) is 43.7. The van der Waals surface area contributed by atoms with E-state index in [0.29, 0.717) is 17.1 Å². The van der Waals surface area contributed by atoms with E-state index in [1.54, 1.807) is 28.0 Å². The van der Waals surface area contributed by atoms with Crippen molar-refractivity contribution >= 4 is 23.2 Å². The summed E-state index contributed by atoms with van der Waals surface area (Å²) in [5.41, 5.74) is 1.11. The summed E-state index contributed by atoms with van der Waals surface area (Å²) in [6.45, 7) is 3.01. The lowest BCUT2D eigenvalue weighted by molar-refractivity contribution is -0.175. The number of amides is 3. The molecular formula is C26H26F5N5O3. The molecule has 2 N–H and O–H groups in total.